The second-order valence-electron chi connectivity index (χ2n) is 6.06. The Bertz CT molecular complexity index is 561. The molecule has 1 saturated heterocycles. The van der Waals surface area contributed by atoms with E-state index in [1.807, 2.05) is 26.8 Å². The van der Waals surface area contributed by atoms with Crippen LogP contribution in [0.25, 0.3) is 0 Å². The highest BCUT2D eigenvalue weighted by atomic mass is 32.2. The van der Waals surface area contributed by atoms with Crippen LogP contribution in [-0.4, -0.2) is 61.5 Å². The van der Waals surface area contributed by atoms with Crippen molar-refractivity contribution in [2.45, 2.75) is 26.3 Å². The van der Waals surface area contributed by atoms with E-state index in [9.17, 15) is 13.2 Å². The van der Waals surface area contributed by atoms with Crippen LogP contribution >= 0.6 is 0 Å². The van der Waals surface area contributed by atoms with E-state index < -0.39 is 21.5 Å². The van der Waals surface area contributed by atoms with Crippen LogP contribution in [-0.2, 0) is 14.8 Å². The van der Waals surface area contributed by atoms with Crippen molar-refractivity contribution in [2.75, 3.05) is 32.4 Å². The Morgan fingerprint density at radius 1 is 1.24 bits per heavy atom. The van der Waals surface area contributed by atoms with Crippen molar-refractivity contribution in [3.63, 3.8) is 0 Å². The van der Waals surface area contributed by atoms with Crippen LogP contribution in [0.5, 0.6) is 0 Å². The number of nitrogens with one attached hydrogen (secondary N) is 1. The zero-order valence-electron chi connectivity index (χ0n) is 12.9. The summed E-state index contributed by atoms with van der Waals surface area (Å²) in [5.74, 6) is -0.421. The third-order valence-electron chi connectivity index (χ3n) is 2.91. The molecule has 7 nitrogen and oxygen atoms in total. The standard InChI is InChI=1S/C13H22N4O3S/c1-13(2,3)15-12(18)11(9-14)10-16-5-7-17(8-6-16)21(4,19)20/h10H,5-8H2,1-4H3,(H,15,18)/b11-10-. The van der Waals surface area contributed by atoms with E-state index in [1.165, 1.54) is 16.8 Å². The van der Waals surface area contributed by atoms with Gasteiger partial charge in [0.15, 0.2) is 0 Å². The summed E-state index contributed by atoms with van der Waals surface area (Å²) >= 11 is 0. The first kappa shape index (κ1) is 17.5. The van der Waals surface area contributed by atoms with Crippen molar-refractivity contribution in [2.24, 2.45) is 0 Å². The van der Waals surface area contributed by atoms with E-state index in [-0.39, 0.29) is 5.57 Å². The van der Waals surface area contributed by atoms with E-state index in [2.05, 4.69) is 5.32 Å². The summed E-state index contributed by atoms with van der Waals surface area (Å²) in [5, 5.41) is 11.8. The minimum absolute atomic E-state index is 0.0257. The van der Waals surface area contributed by atoms with Crippen molar-refractivity contribution in [3.05, 3.63) is 11.8 Å². The van der Waals surface area contributed by atoms with E-state index in [0.717, 1.165) is 0 Å². The molecule has 0 unspecified atom stereocenters. The summed E-state index contributed by atoms with van der Waals surface area (Å²) in [5.41, 5.74) is -0.389. The first-order valence-corrected chi connectivity index (χ1v) is 8.51. The maximum absolute atomic E-state index is 12.0. The minimum Gasteiger partial charge on any atom is -0.373 e. The number of sulfonamides is 1. The van der Waals surface area contributed by atoms with Crippen molar-refractivity contribution in [1.29, 1.82) is 5.26 Å². The lowest BCUT2D eigenvalue weighted by Gasteiger charge is -2.32. The summed E-state index contributed by atoms with van der Waals surface area (Å²) in [6, 6.07) is 1.89. The molecule has 8 heteroatoms. The molecule has 0 aliphatic carbocycles. The first-order chi connectivity index (χ1) is 9.53. The Hall–Kier alpha value is -1.59. The van der Waals surface area contributed by atoms with Crippen molar-refractivity contribution in [1.82, 2.24) is 14.5 Å². The molecule has 1 N–H and O–H groups in total. The van der Waals surface area contributed by atoms with Crippen LogP contribution in [0.4, 0.5) is 0 Å². The molecule has 1 rings (SSSR count). The lowest BCUT2D eigenvalue weighted by molar-refractivity contribution is -0.118. The monoisotopic (exact) mass is 314 g/mol. The highest BCUT2D eigenvalue weighted by molar-refractivity contribution is 7.88. The largest absolute Gasteiger partial charge is 0.373 e. The molecule has 1 fully saturated rings. The Morgan fingerprint density at radius 3 is 2.14 bits per heavy atom. The fourth-order valence-electron chi connectivity index (χ4n) is 1.89. The summed E-state index contributed by atoms with van der Waals surface area (Å²) < 4.78 is 24.2. The molecule has 1 aliphatic rings. The molecular weight excluding hydrogens is 292 g/mol. The quantitative estimate of drug-likeness (QED) is 0.579. The SMILES string of the molecule is CC(C)(C)NC(=O)/C(C#N)=C\N1CCN(S(C)(=O)=O)CC1. The smallest absolute Gasteiger partial charge is 0.263 e. The van der Waals surface area contributed by atoms with Gasteiger partial charge in [0, 0.05) is 37.9 Å². The lowest BCUT2D eigenvalue weighted by atomic mass is 10.1. The molecule has 0 saturated carbocycles. The first-order valence-electron chi connectivity index (χ1n) is 6.66. The van der Waals surface area contributed by atoms with Gasteiger partial charge >= 0.3 is 0 Å². The topological polar surface area (TPSA) is 93.5 Å². The van der Waals surface area contributed by atoms with Crippen LogP contribution < -0.4 is 5.32 Å². The van der Waals surface area contributed by atoms with Crippen LogP contribution in [0.3, 0.4) is 0 Å². The molecule has 0 aromatic carbocycles. The Morgan fingerprint density at radius 2 is 1.76 bits per heavy atom. The molecule has 118 valence electrons. The molecule has 1 heterocycles. The number of nitrogens with zero attached hydrogens (tertiary/aromatic N) is 3. The molecule has 0 atom stereocenters. The predicted molar refractivity (Wildman–Crippen MR) is 79.6 cm³/mol. The summed E-state index contributed by atoms with van der Waals surface area (Å²) in [6.45, 7) is 7.15. The number of amides is 1. The van der Waals surface area contributed by atoms with Gasteiger partial charge < -0.3 is 10.2 Å². The molecular formula is C13H22N4O3S. The average Bonchev–Trinajstić information content (AvgIpc) is 2.33. The van der Waals surface area contributed by atoms with Gasteiger partial charge in [-0.3, -0.25) is 4.79 Å². The van der Waals surface area contributed by atoms with E-state index in [4.69, 9.17) is 5.26 Å². The maximum Gasteiger partial charge on any atom is 0.263 e. The normalized spacial score (nSPS) is 18.2. The van der Waals surface area contributed by atoms with Gasteiger partial charge in [0.2, 0.25) is 10.0 Å². The summed E-state index contributed by atoms with van der Waals surface area (Å²) in [7, 11) is -3.18. The molecule has 1 aliphatic heterocycles. The molecule has 0 aromatic heterocycles. The highest BCUT2D eigenvalue weighted by Crippen LogP contribution is 2.09. The fourth-order valence-corrected chi connectivity index (χ4v) is 2.72. The molecule has 0 radical (unpaired) electrons. The highest BCUT2D eigenvalue weighted by Gasteiger charge is 2.23. The van der Waals surface area contributed by atoms with Gasteiger partial charge in [-0.25, -0.2) is 8.42 Å². The van der Waals surface area contributed by atoms with Gasteiger partial charge in [-0.05, 0) is 20.8 Å². The third kappa shape index (κ3) is 5.73. The van der Waals surface area contributed by atoms with Gasteiger partial charge in [0.25, 0.3) is 5.91 Å². The zero-order valence-corrected chi connectivity index (χ0v) is 13.7. The van der Waals surface area contributed by atoms with Crippen molar-refractivity contribution in [3.8, 4) is 6.07 Å². The van der Waals surface area contributed by atoms with Crippen LogP contribution in [0.2, 0.25) is 0 Å². The third-order valence-corrected chi connectivity index (χ3v) is 4.21. The van der Waals surface area contributed by atoms with Gasteiger partial charge in [0.1, 0.15) is 11.6 Å². The van der Waals surface area contributed by atoms with Crippen molar-refractivity contribution >= 4 is 15.9 Å². The molecule has 21 heavy (non-hydrogen) atoms. The number of carbonyl (C=O) groups excluding carboxylic acids is 1. The predicted octanol–water partition coefficient (Wildman–Crippen LogP) is -0.114. The van der Waals surface area contributed by atoms with Crippen molar-refractivity contribution < 1.29 is 13.2 Å². The van der Waals surface area contributed by atoms with Gasteiger partial charge in [0.05, 0.1) is 6.26 Å². The summed E-state index contributed by atoms with van der Waals surface area (Å²) in [4.78, 5) is 13.7. The number of rotatable bonds is 3. The van der Waals surface area contributed by atoms with Crippen LogP contribution in [0.15, 0.2) is 11.8 Å². The fraction of sp³-hybridized carbons (Fsp3) is 0.692. The van der Waals surface area contributed by atoms with E-state index >= 15 is 0 Å². The summed E-state index contributed by atoms with van der Waals surface area (Å²) in [6.07, 6.45) is 2.68. The van der Waals surface area contributed by atoms with Crippen LogP contribution in [0.1, 0.15) is 20.8 Å². The minimum atomic E-state index is -3.18. The second-order valence-corrected chi connectivity index (χ2v) is 8.04. The Balaban J connectivity index is 2.70. The van der Waals surface area contributed by atoms with Gasteiger partial charge in [-0.1, -0.05) is 0 Å². The number of hydrogen-bond acceptors (Lipinski definition) is 5. The molecule has 0 spiro atoms. The van der Waals surface area contributed by atoms with Gasteiger partial charge in [-0.2, -0.15) is 9.57 Å². The molecule has 0 aromatic rings. The number of hydrogen-bond donors (Lipinski definition) is 1. The number of nitriles is 1. The molecule has 0 bridgehead atoms. The average molecular weight is 314 g/mol. The van der Waals surface area contributed by atoms with Crippen LogP contribution in [0, 0.1) is 11.3 Å². The maximum atomic E-state index is 12.0. The lowest BCUT2D eigenvalue weighted by Crippen LogP contribution is -2.47. The zero-order chi connectivity index (χ0) is 16.3. The second kappa shape index (κ2) is 6.45. The van der Waals surface area contributed by atoms with Gasteiger partial charge in [-0.15, -0.1) is 0 Å². The number of piperazine rings is 1. The Kier molecular flexibility index (Phi) is 5.36. The Labute approximate surface area is 126 Å². The number of carbonyl (C=O) groups is 1. The van der Waals surface area contributed by atoms with E-state index in [1.54, 1.807) is 4.90 Å². The van der Waals surface area contributed by atoms with E-state index in [0.29, 0.717) is 26.2 Å². The molecule has 1 amide bonds.